The van der Waals surface area contributed by atoms with E-state index >= 15 is 0 Å². The number of ether oxygens (including phenoxy) is 4. The molecule has 2 aromatic rings. The van der Waals surface area contributed by atoms with Crippen LogP contribution in [0.3, 0.4) is 0 Å². The predicted molar refractivity (Wildman–Crippen MR) is 95.0 cm³/mol. The van der Waals surface area contributed by atoms with Gasteiger partial charge in [-0.25, -0.2) is 0 Å². The highest BCUT2D eigenvalue weighted by atomic mass is 16.5. The quantitative estimate of drug-likeness (QED) is 0.784. The Morgan fingerprint density at radius 2 is 1.12 bits per heavy atom. The topological polar surface area (TPSA) is 36.9 Å². The highest BCUT2D eigenvalue weighted by Gasteiger charge is 2.00. The Hall–Kier alpha value is -3.06. The van der Waals surface area contributed by atoms with Gasteiger partial charge in [0.05, 0.1) is 28.4 Å². The van der Waals surface area contributed by atoms with Gasteiger partial charge in [0, 0.05) is 17.7 Å². The van der Waals surface area contributed by atoms with Crippen LogP contribution in [0.1, 0.15) is 11.1 Å². The molecule has 0 bridgehead atoms. The van der Waals surface area contributed by atoms with E-state index in [0.717, 1.165) is 22.6 Å². The van der Waals surface area contributed by atoms with Crippen LogP contribution in [0.5, 0.6) is 23.0 Å². The zero-order valence-electron chi connectivity index (χ0n) is 14.3. The molecule has 0 saturated heterocycles. The lowest BCUT2D eigenvalue weighted by molar-refractivity contribution is 0.394. The normalized spacial score (nSPS) is 10.0. The second-order valence-electron chi connectivity index (χ2n) is 4.85. The Bertz CT molecular complexity index is 737. The van der Waals surface area contributed by atoms with Gasteiger partial charge in [-0.15, -0.1) is 0 Å². The van der Waals surface area contributed by atoms with E-state index < -0.39 is 0 Å². The minimum atomic E-state index is 0.708. The first-order valence-electron chi connectivity index (χ1n) is 7.32. The highest BCUT2D eigenvalue weighted by molar-refractivity contribution is 5.58. The van der Waals surface area contributed by atoms with Crippen molar-refractivity contribution < 1.29 is 18.9 Å². The fourth-order valence-electron chi connectivity index (χ4n) is 2.07. The van der Waals surface area contributed by atoms with E-state index in [0.29, 0.717) is 11.5 Å². The lowest BCUT2D eigenvalue weighted by Crippen LogP contribution is -1.88. The fraction of sp³-hybridized carbons (Fsp3) is 0.200. The van der Waals surface area contributed by atoms with E-state index in [2.05, 4.69) is 11.8 Å². The number of hydrogen-bond acceptors (Lipinski definition) is 4. The molecule has 4 nitrogen and oxygen atoms in total. The molecule has 0 heterocycles. The Morgan fingerprint density at radius 1 is 0.667 bits per heavy atom. The monoisotopic (exact) mass is 324 g/mol. The summed E-state index contributed by atoms with van der Waals surface area (Å²) in [5, 5.41) is 0. The maximum atomic E-state index is 5.25. The maximum absolute atomic E-state index is 5.25. The van der Waals surface area contributed by atoms with E-state index in [1.165, 1.54) is 0 Å². The first-order valence-corrected chi connectivity index (χ1v) is 7.32. The largest absolute Gasteiger partial charge is 0.497 e. The summed E-state index contributed by atoms with van der Waals surface area (Å²) in [7, 11) is 6.47. The van der Waals surface area contributed by atoms with Crippen LogP contribution in [0.25, 0.3) is 6.08 Å². The average Bonchev–Trinajstić information content (AvgIpc) is 2.64. The van der Waals surface area contributed by atoms with Crippen LogP contribution in [0.15, 0.2) is 42.5 Å². The van der Waals surface area contributed by atoms with E-state index in [1.54, 1.807) is 34.5 Å². The molecule has 0 amide bonds. The summed E-state index contributed by atoms with van der Waals surface area (Å²) in [4.78, 5) is 0. The molecular weight excluding hydrogens is 304 g/mol. The lowest BCUT2D eigenvalue weighted by atomic mass is 10.1. The molecule has 24 heavy (non-hydrogen) atoms. The third-order valence-electron chi connectivity index (χ3n) is 3.30. The molecule has 0 aliphatic carbocycles. The zero-order valence-corrected chi connectivity index (χ0v) is 14.3. The van der Waals surface area contributed by atoms with Gasteiger partial charge < -0.3 is 18.9 Å². The summed E-state index contributed by atoms with van der Waals surface area (Å²) in [6.07, 6.45) is 3.68. The Balaban J connectivity index is 2.19. The predicted octanol–water partition coefficient (Wildman–Crippen LogP) is 3.79. The molecule has 0 saturated carbocycles. The molecule has 0 radical (unpaired) electrons. The molecule has 0 fully saturated rings. The first kappa shape index (κ1) is 17.3. The van der Waals surface area contributed by atoms with Crippen LogP contribution in [-0.4, -0.2) is 28.4 Å². The molecule has 0 aliphatic rings. The summed E-state index contributed by atoms with van der Waals surface area (Å²) in [6, 6.07) is 11.2. The van der Waals surface area contributed by atoms with E-state index in [-0.39, 0.29) is 0 Å². The van der Waals surface area contributed by atoms with Gasteiger partial charge in [0.25, 0.3) is 0 Å². The number of benzene rings is 2. The van der Waals surface area contributed by atoms with Crippen molar-refractivity contribution in [3.8, 4) is 34.8 Å². The second-order valence-corrected chi connectivity index (χ2v) is 4.85. The van der Waals surface area contributed by atoms with Gasteiger partial charge in [0.1, 0.15) is 23.0 Å². The zero-order chi connectivity index (χ0) is 17.4. The molecule has 0 aliphatic heterocycles. The standard InChI is InChI=1S/C20H20O4/c1-21-17-9-15(10-18(13-17)22-2)7-5-6-8-16-11-19(23-3)14-20(12-16)24-4/h5,7,9-14H,1-4H3/b7-5+. The van der Waals surface area contributed by atoms with Gasteiger partial charge in [0.2, 0.25) is 0 Å². The highest BCUT2D eigenvalue weighted by Crippen LogP contribution is 2.23. The summed E-state index contributed by atoms with van der Waals surface area (Å²) >= 11 is 0. The van der Waals surface area contributed by atoms with Gasteiger partial charge in [-0.2, -0.15) is 0 Å². The van der Waals surface area contributed by atoms with Crippen LogP contribution in [0.4, 0.5) is 0 Å². The molecule has 0 spiro atoms. The van der Waals surface area contributed by atoms with Gasteiger partial charge in [-0.1, -0.05) is 11.8 Å². The summed E-state index contributed by atoms with van der Waals surface area (Å²) in [5.41, 5.74) is 1.77. The molecule has 4 heteroatoms. The van der Waals surface area contributed by atoms with Crippen molar-refractivity contribution in [2.45, 2.75) is 0 Å². The lowest BCUT2D eigenvalue weighted by Gasteiger charge is -2.05. The summed E-state index contributed by atoms with van der Waals surface area (Å²) < 4.78 is 21.0. The van der Waals surface area contributed by atoms with Crippen LogP contribution in [-0.2, 0) is 0 Å². The molecule has 124 valence electrons. The van der Waals surface area contributed by atoms with E-state index in [9.17, 15) is 0 Å². The third kappa shape index (κ3) is 4.72. The minimum absolute atomic E-state index is 0.708. The van der Waals surface area contributed by atoms with Crippen LogP contribution in [0.2, 0.25) is 0 Å². The van der Waals surface area contributed by atoms with Crippen molar-refractivity contribution >= 4 is 6.08 Å². The van der Waals surface area contributed by atoms with Gasteiger partial charge in [-0.05, 0) is 42.0 Å². The number of rotatable bonds is 5. The van der Waals surface area contributed by atoms with Crippen LogP contribution >= 0.6 is 0 Å². The Labute approximate surface area is 142 Å². The van der Waals surface area contributed by atoms with Gasteiger partial charge in [0.15, 0.2) is 0 Å². The van der Waals surface area contributed by atoms with Crippen molar-refractivity contribution in [1.29, 1.82) is 0 Å². The van der Waals surface area contributed by atoms with Crippen molar-refractivity contribution in [3.63, 3.8) is 0 Å². The minimum Gasteiger partial charge on any atom is -0.497 e. The first-order chi connectivity index (χ1) is 11.7. The molecule has 2 rings (SSSR count). The van der Waals surface area contributed by atoms with Crippen molar-refractivity contribution in [3.05, 3.63) is 53.6 Å². The van der Waals surface area contributed by atoms with E-state index in [1.807, 2.05) is 42.5 Å². The van der Waals surface area contributed by atoms with Crippen molar-refractivity contribution in [2.24, 2.45) is 0 Å². The van der Waals surface area contributed by atoms with Crippen LogP contribution in [0, 0.1) is 11.8 Å². The Morgan fingerprint density at radius 3 is 1.58 bits per heavy atom. The molecule has 0 unspecified atom stereocenters. The number of hydrogen-bond donors (Lipinski definition) is 0. The summed E-state index contributed by atoms with van der Waals surface area (Å²) in [6.45, 7) is 0. The summed E-state index contributed by atoms with van der Waals surface area (Å²) in [5.74, 6) is 8.95. The van der Waals surface area contributed by atoms with Crippen LogP contribution < -0.4 is 18.9 Å². The second kappa shape index (κ2) is 8.54. The van der Waals surface area contributed by atoms with Gasteiger partial charge >= 0.3 is 0 Å². The maximum Gasteiger partial charge on any atom is 0.123 e. The average molecular weight is 324 g/mol. The van der Waals surface area contributed by atoms with E-state index in [4.69, 9.17) is 18.9 Å². The van der Waals surface area contributed by atoms with Crippen molar-refractivity contribution in [1.82, 2.24) is 0 Å². The fourth-order valence-corrected chi connectivity index (χ4v) is 2.07. The molecule has 0 aromatic heterocycles. The third-order valence-corrected chi connectivity index (χ3v) is 3.30. The molecule has 0 N–H and O–H groups in total. The smallest absolute Gasteiger partial charge is 0.123 e. The number of allylic oxidation sites excluding steroid dienone is 1. The molecule has 2 aromatic carbocycles. The molecule has 0 atom stereocenters. The SMILES string of the molecule is COc1cc(C#C/C=C/c2cc(OC)cc(OC)c2)cc(OC)c1. The van der Waals surface area contributed by atoms with Gasteiger partial charge in [-0.3, -0.25) is 0 Å². The Kier molecular flexibility index (Phi) is 6.16. The van der Waals surface area contributed by atoms with Crippen molar-refractivity contribution in [2.75, 3.05) is 28.4 Å². The number of methoxy groups -OCH3 is 4. The molecular formula is C20H20O4.